The van der Waals surface area contributed by atoms with Crippen molar-refractivity contribution in [2.75, 3.05) is 19.6 Å². The Morgan fingerprint density at radius 1 is 1.38 bits per heavy atom. The van der Waals surface area contributed by atoms with Crippen LogP contribution < -0.4 is 5.32 Å². The van der Waals surface area contributed by atoms with Gasteiger partial charge in [-0.25, -0.2) is 0 Å². The number of likely N-dealkylation sites (tertiary alicyclic amines) is 1. The molecular weight excluding hydrogens is 164 g/mol. The van der Waals surface area contributed by atoms with Crippen LogP contribution in [0.4, 0.5) is 0 Å². The van der Waals surface area contributed by atoms with Gasteiger partial charge in [0, 0.05) is 25.6 Å². The fraction of sp³-hybridized carbons (Fsp3) is 0.900. The number of hydrogen-bond donors (Lipinski definition) is 1. The Bertz CT molecular complexity index is 187. The summed E-state index contributed by atoms with van der Waals surface area (Å²) in [4.78, 5) is 13.5. The molecule has 2 aliphatic rings. The minimum atomic E-state index is 0.361. The smallest absolute Gasteiger partial charge is 0.222 e. The maximum atomic E-state index is 11.5. The monoisotopic (exact) mass is 182 g/mol. The maximum absolute atomic E-state index is 11.5. The third kappa shape index (κ3) is 2.21. The zero-order valence-corrected chi connectivity index (χ0v) is 8.09. The first-order valence-corrected chi connectivity index (χ1v) is 5.37. The number of piperidine rings is 1. The Labute approximate surface area is 79.5 Å². The van der Waals surface area contributed by atoms with Crippen molar-refractivity contribution in [3.05, 3.63) is 0 Å². The molecule has 0 spiro atoms. The lowest BCUT2D eigenvalue weighted by Gasteiger charge is -2.29. The zero-order chi connectivity index (χ0) is 9.10. The van der Waals surface area contributed by atoms with Gasteiger partial charge in [-0.1, -0.05) is 0 Å². The average molecular weight is 182 g/mol. The van der Waals surface area contributed by atoms with Crippen molar-refractivity contribution in [2.45, 2.75) is 38.1 Å². The Kier molecular flexibility index (Phi) is 2.83. The van der Waals surface area contributed by atoms with E-state index in [1.807, 2.05) is 4.90 Å². The van der Waals surface area contributed by atoms with Crippen molar-refractivity contribution in [1.29, 1.82) is 0 Å². The van der Waals surface area contributed by atoms with Gasteiger partial charge in [0.15, 0.2) is 0 Å². The van der Waals surface area contributed by atoms with Crippen LogP contribution in [-0.4, -0.2) is 36.5 Å². The molecule has 13 heavy (non-hydrogen) atoms. The number of nitrogens with zero attached hydrogens (tertiary/aromatic N) is 1. The molecule has 0 radical (unpaired) electrons. The van der Waals surface area contributed by atoms with Crippen molar-refractivity contribution in [1.82, 2.24) is 10.2 Å². The molecule has 3 heteroatoms. The van der Waals surface area contributed by atoms with Crippen LogP contribution in [0.3, 0.4) is 0 Å². The van der Waals surface area contributed by atoms with Gasteiger partial charge in [0.05, 0.1) is 0 Å². The molecule has 1 atom stereocenters. The van der Waals surface area contributed by atoms with E-state index in [9.17, 15) is 4.79 Å². The van der Waals surface area contributed by atoms with E-state index in [1.54, 1.807) is 0 Å². The molecule has 1 unspecified atom stereocenters. The van der Waals surface area contributed by atoms with E-state index in [0.717, 1.165) is 32.5 Å². The highest BCUT2D eigenvalue weighted by molar-refractivity contribution is 5.76. The topological polar surface area (TPSA) is 32.3 Å². The molecule has 0 aromatic carbocycles. The Hall–Kier alpha value is -0.570. The molecule has 2 rings (SSSR count). The minimum Gasteiger partial charge on any atom is -0.341 e. The first-order chi connectivity index (χ1) is 6.36. The summed E-state index contributed by atoms with van der Waals surface area (Å²) in [5.41, 5.74) is 0. The van der Waals surface area contributed by atoms with Gasteiger partial charge in [-0.15, -0.1) is 0 Å². The van der Waals surface area contributed by atoms with Crippen LogP contribution in [0.15, 0.2) is 0 Å². The summed E-state index contributed by atoms with van der Waals surface area (Å²) in [7, 11) is 0. The summed E-state index contributed by atoms with van der Waals surface area (Å²) in [6, 6.07) is 0.571. The lowest BCUT2D eigenvalue weighted by molar-refractivity contribution is -0.133. The standard InChI is InChI=1S/C10H18N2O/c13-10-5-1-2-7-12(10)8-9-4-3-6-11-9/h9,11H,1-8H2. The fourth-order valence-electron chi connectivity index (χ4n) is 2.23. The predicted octanol–water partition coefficient (Wildman–Crippen LogP) is 0.751. The van der Waals surface area contributed by atoms with E-state index in [0.29, 0.717) is 11.9 Å². The van der Waals surface area contributed by atoms with E-state index in [2.05, 4.69) is 5.32 Å². The van der Waals surface area contributed by atoms with Crippen LogP contribution in [0, 0.1) is 0 Å². The van der Waals surface area contributed by atoms with Crippen molar-refractivity contribution >= 4 is 5.91 Å². The third-order valence-corrected chi connectivity index (χ3v) is 3.02. The molecule has 2 heterocycles. The highest BCUT2D eigenvalue weighted by Gasteiger charge is 2.22. The normalized spacial score (nSPS) is 29.7. The molecule has 1 amide bonds. The summed E-state index contributed by atoms with van der Waals surface area (Å²) in [5.74, 6) is 0.361. The number of nitrogens with one attached hydrogen (secondary N) is 1. The minimum absolute atomic E-state index is 0.361. The largest absolute Gasteiger partial charge is 0.341 e. The highest BCUT2D eigenvalue weighted by atomic mass is 16.2. The number of carbonyl (C=O) groups is 1. The zero-order valence-electron chi connectivity index (χ0n) is 8.09. The van der Waals surface area contributed by atoms with Crippen molar-refractivity contribution in [3.8, 4) is 0 Å². The van der Waals surface area contributed by atoms with E-state index >= 15 is 0 Å². The van der Waals surface area contributed by atoms with Crippen LogP contribution in [-0.2, 0) is 4.79 Å². The van der Waals surface area contributed by atoms with Crippen molar-refractivity contribution in [2.24, 2.45) is 0 Å². The molecule has 0 saturated carbocycles. The SMILES string of the molecule is O=C1CCCCN1CC1CCCN1. The van der Waals surface area contributed by atoms with E-state index < -0.39 is 0 Å². The lowest BCUT2D eigenvalue weighted by atomic mass is 10.1. The maximum Gasteiger partial charge on any atom is 0.222 e. The lowest BCUT2D eigenvalue weighted by Crippen LogP contribution is -2.43. The number of amides is 1. The molecule has 1 N–H and O–H groups in total. The molecule has 74 valence electrons. The Morgan fingerprint density at radius 2 is 2.31 bits per heavy atom. The van der Waals surface area contributed by atoms with E-state index in [1.165, 1.54) is 19.3 Å². The average Bonchev–Trinajstić information content (AvgIpc) is 2.61. The molecule has 0 bridgehead atoms. The second kappa shape index (κ2) is 4.09. The predicted molar refractivity (Wildman–Crippen MR) is 51.5 cm³/mol. The van der Waals surface area contributed by atoms with Gasteiger partial charge in [0.2, 0.25) is 5.91 Å². The van der Waals surface area contributed by atoms with Crippen LogP contribution >= 0.6 is 0 Å². The summed E-state index contributed by atoms with van der Waals surface area (Å²) < 4.78 is 0. The second-order valence-corrected chi connectivity index (χ2v) is 4.09. The van der Waals surface area contributed by atoms with Gasteiger partial charge in [-0.05, 0) is 32.2 Å². The first-order valence-electron chi connectivity index (χ1n) is 5.37. The van der Waals surface area contributed by atoms with Gasteiger partial charge in [0.1, 0.15) is 0 Å². The summed E-state index contributed by atoms with van der Waals surface area (Å²) in [6.45, 7) is 3.06. The number of carbonyl (C=O) groups excluding carboxylic acids is 1. The van der Waals surface area contributed by atoms with Gasteiger partial charge < -0.3 is 10.2 Å². The first kappa shape index (κ1) is 9.00. The van der Waals surface area contributed by atoms with Crippen LogP contribution in [0.5, 0.6) is 0 Å². The molecule has 0 aromatic heterocycles. The summed E-state index contributed by atoms with van der Waals surface area (Å²) in [6.07, 6.45) is 5.56. The van der Waals surface area contributed by atoms with E-state index in [-0.39, 0.29) is 0 Å². The highest BCUT2D eigenvalue weighted by Crippen LogP contribution is 2.13. The van der Waals surface area contributed by atoms with Crippen LogP contribution in [0.25, 0.3) is 0 Å². The van der Waals surface area contributed by atoms with Gasteiger partial charge in [-0.3, -0.25) is 4.79 Å². The molecule has 2 saturated heterocycles. The molecule has 0 aliphatic carbocycles. The molecule has 2 fully saturated rings. The fourth-order valence-corrected chi connectivity index (χ4v) is 2.23. The molecule has 2 aliphatic heterocycles. The van der Waals surface area contributed by atoms with Crippen LogP contribution in [0.2, 0.25) is 0 Å². The number of rotatable bonds is 2. The van der Waals surface area contributed by atoms with Gasteiger partial charge >= 0.3 is 0 Å². The van der Waals surface area contributed by atoms with Crippen LogP contribution in [0.1, 0.15) is 32.1 Å². The van der Waals surface area contributed by atoms with Crippen molar-refractivity contribution < 1.29 is 4.79 Å². The van der Waals surface area contributed by atoms with Gasteiger partial charge in [0.25, 0.3) is 0 Å². The summed E-state index contributed by atoms with van der Waals surface area (Å²) in [5, 5.41) is 3.43. The van der Waals surface area contributed by atoms with Gasteiger partial charge in [-0.2, -0.15) is 0 Å². The molecule has 3 nitrogen and oxygen atoms in total. The summed E-state index contributed by atoms with van der Waals surface area (Å²) >= 11 is 0. The third-order valence-electron chi connectivity index (χ3n) is 3.02. The Morgan fingerprint density at radius 3 is 3.00 bits per heavy atom. The number of hydrogen-bond acceptors (Lipinski definition) is 2. The van der Waals surface area contributed by atoms with Crippen molar-refractivity contribution in [3.63, 3.8) is 0 Å². The molecule has 0 aromatic rings. The molecular formula is C10H18N2O. The van der Waals surface area contributed by atoms with E-state index in [4.69, 9.17) is 0 Å². The second-order valence-electron chi connectivity index (χ2n) is 4.09. The Balaban J connectivity index is 1.81. The quantitative estimate of drug-likeness (QED) is 0.683.